The van der Waals surface area contributed by atoms with Gasteiger partial charge in [0.25, 0.3) is 0 Å². The topological polar surface area (TPSA) is 291 Å². The van der Waals surface area contributed by atoms with E-state index < -0.39 is 87.6 Å². The number of alkyl halides is 9. The van der Waals surface area contributed by atoms with Gasteiger partial charge in [-0.3, -0.25) is 59.7 Å². The molecule has 0 unspecified atom stereocenters. The average molecular weight is 2760 g/mol. The maximum atomic E-state index is 13.2. The molecule has 44 heteroatoms. The molecule has 0 aliphatic carbocycles. The number of carbonyl (C=O) groups is 1. The minimum absolute atomic E-state index is 0. The smallest absolute Gasteiger partial charge is 0.652 e. The Labute approximate surface area is 828 Å². The van der Waals surface area contributed by atoms with Gasteiger partial charge in [0.2, 0.25) is 0 Å². The van der Waals surface area contributed by atoms with E-state index in [4.69, 9.17) is 5.11 Å². The Kier molecular flexibility index (Phi) is 52.6. The second kappa shape index (κ2) is 59.9. The third-order valence-corrected chi connectivity index (χ3v) is 15.2. The minimum Gasteiger partial charge on any atom is -0.652 e. The van der Waals surface area contributed by atoms with Crippen molar-refractivity contribution in [2.45, 2.75) is 52.8 Å². The van der Waals surface area contributed by atoms with Gasteiger partial charge >= 0.3 is 59.7 Å². The summed E-state index contributed by atoms with van der Waals surface area (Å²) in [4.78, 5) is 58.5. The van der Waals surface area contributed by atoms with E-state index in [2.05, 4.69) is 120 Å². The Balaban J connectivity index is 0.000000509. The molecule has 22 nitrogen and oxygen atoms in total. The van der Waals surface area contributed by atoms with Crippen LogP contribution in [0.5, 0.6) is 0 Å². The largest absolute Gasteiger partial charge is 3.00 e. The van der Waals surface area contributed by atoms with Crippen LogP contribution in [0.2, 0.25) is 0 Å². The van der Waals surface area contributed by atoms with Crippen molar-refractivity contribution in [3.63, 3.8) is 0 Å². The van der Waals surface area contributed by atoms with Gasteiger partial charge in [-0.05, 0) is 155 Å². The molecule has 0 spiro atoms. The Hall–Kier alpha value is -12.5. The number of nitrogens with zero attached hydrogens (tertiary/aromatic N) is 18. The van der Waals surface area contributed by atoms with Gasteiger partial charge in [-0.2, -0.15) is 39.5 Å². The molecule has 0 aliphatic heterocycles. The van der Waals surface area contributed by atoms with Crippen molar-refractivity contribution in [2.24, 2.45) is 5.16 Å². The SMILES string of the molecule is CC(=O)C=C(C)O.CON=Cc1cc(C)n[n-]1.Cc1cc(CN(C)C)[n-]n1.FC(F)(F)c1cc(-c2ccccn2)[n-]n1.FC(F)(F)c1cc(-c2ccccn2)[n-]n1.Fc1c[c-]c(-c2ccccn2)c(F)c1.Fc1c[c-]c(-c2ccccn2)c(F)c1.Fc1c[c-]c(-c2ccccn2)c(F)c1.Fc1c[c-]c(-c2ccccn2)c(F)c1.O=c1cc(-c2ccccn2)[n-]c(C(F)(F)F)c1.[Ir+3].[Ir].[Ir].[Ir].[Pt+2]. The molecule has 0 bridgehead atoms. The molecule has 1 N–H and O–H groups in total. The zero-order valence-corrected chi connectivity index (χ0v) is 82.3. The number of pyridine rings is 8. The summed E-state index contributed by atoms with van der Waals surface area (Å²) in [5, 5.41) is 40.2. The summed E-state index contributed by atoms with van der Waals surface area (Å²) in [6.45, 7) is 7.55. The standard InChI is InChI=1S/C11H7F3N2O.4C11H6F2N.2C9H5F3N3.C7H12N3.C6H8N3O.C5H8O2.4Ir.Pt/c12-11(13,14)10-6-7(17)5-9(16-10)8-3-1-2-4-15-8;4*12-8-4-5-9(10(13)7-8)11-3-1-2-6-14-11;2*10-9(11,12)8-5-7(14-15-8)6-3-1-2-4-13-6;1-6-4-7(9-8-6)5-10(2)3;1-5-3-6(9-8-5)4-7-10-2;1-4(6)3-5(2)7;;;;;/h1-6H,(H,16,17);4*1-4,6-7H;2*1-5H;4H,5H2,1-3H3;3-4H,1-2H3;3,6H,1-2H3;;;;;/q;8*-1;;;;;+3;+2/p-1. The number of aromatic nitrogens is 16. The fraction of sp³-hybridized carbons (Fsp3) is 0.121. The van der Waals surface area contributed by atoms with E-state index in [0.717, 1.165) is 96.1 Å². The van der Waals surface area contributed by atoms with E-state index in [-0.39, 0.29) is 158 Å². The number of hydrogen-bond donors (Lipinski definition) is 1. The third-order valence-electron chi connectivity index (χ3n) is 15.2. The van der Waals surface area contributed by atoms with Crippen LogP contribution in [-0.4, -0.2) is 98.5 Å². The summed E-state index contributed by atoms with van der Waals surface area (Å²) in [6, 6.07) is 59.7. The maximum absolute atomic E-state index is 13.2. The maximum Gasteiger partial charge on any atom is 3.00 e. The second-order valence-corrected chi connectivity index (χ2v) is 25.9. The molecule has 0 saturated heterocycles. The molecule has 0 saturated carbocycles. The molecule has 0 fully saturated rings. The second-order valence-electron chi connectivity index (χ2n) is 25.9. The predicted molar refractivity (Wildman–Crippen MR) is 443 cm³/mol. The first kappa shape index (κ1) is 119. The first-order chi connectivity index (χ1) is 61.8. The number of aliphatic hydroxyl groups is 1. The summed E-state index contributed by atoms with van der Waals surface area (Å²) >= 11 is 0. The molecular weight excluding hydrogens is 2700 g/mol. The van der Waals surface area contributed by atoms with Crippen LogP contribution in [0.3, 0.4) is 0 Å². The van der Waals surface area contributed by atoms with Gasteiger partial charge in [0.15, 0.2) is 11.2 Å². The number of benzene rings is 4. The number of allylic oxidation sites excluding steroid dienone is 2. The quantitative estimate of drug-likeness (QED) is 0.0297. The molecule has 16 aromatic rings. The molecule has 715 valence electrons. The Morgan fingerprint density at radius 2 is 0.741 bits per heavy atom. The van der Waals surface area contributed by atoms with Gasteiger partial charge in [0, 0.05) is 191 Å². The van der Waals surface area contributed by atoms with E-state index in [1.54, 1.807) is 146 Å². The van der Waals surface area contributed by atoms with Gasteiger partial charge in [0.05, 0.1) is 12.0 Å². The number of ketones is 1. The van der Waals surface area contributed by atoms with Crippen molar-refractivity contribution in [3.8, 4) is 79.2 Å². The normalized spacial score (nSPS) is 10.4. The first-order valence-electron chi connectivity index (χ1n) is 37.1. The van der Waals surface area contributed by atoms with Crippen molar-refractivity contribution < 1.29 is 191 Å². The van der Waals surface area contributed by atoms with Crippen molar-refractivity contribution >= 4 is 12.0 Å². The summed E-state index contributed by atoms with van der Waals surface area (Å²) in [5.41, 5.74) is 3.41. The van der Waals surface area contributed by atoms with Gasteiger partial charge in [-0.1, -0.05) is 148 Å². The Morgan fingerprint density at radius 3 is 0.970 bits per heavy atom. The number of aryl methyl sites for hydroxylation is 2. The molecular formula is C91H68F17Ir4N18O4Pt-4. The zero-order chi connectivity index (χ0) is 94.9. The molecule has 4 aromatic carbocycles. The first-order valence-corrected chi connectivity index (χ1v) is 37.1. The monoisotopic (exact) mass is 2770 g/mol. The van der Waals surface area contributed by atoms with Crippen LogP contribution in [-0.2, 0) is 136 Å². The van der Waals surface area contributed by atoms with Crippen molar-refractivity contribution in [1.29, 1.82) is 0 Å². The number of aliphatic hydroxyl groups excluding tert-OH is 1. The van der Waals surface area contributed by atoms with Crippen molar-refractivity contribution in [3.05, 3.63) is 388 Å². The van der Waals surface area contributed by atoms with E-state index in [0.29, 0.717) is 40.2 Å². The molecule has 0 atom stereocenters. The van der Waals surface area contributed by atoms with Crippen LogP contribution in [0.4, 0.5) is 74.6 Å². The van der Waals surface area contributed by atoms with E-state index in [1.807, 2.05) is 40.1 Å². The van der Waals surface area contributed by atoms with Crippen molar-refractivity contribution in [2.75, 3.05) is 21.2 Å². The van der Waals surface area contributed by atoms with Crippen LogP contribution in [0, 0.1) is 84.7 Å². The molecule has 12 heterocycles. The number of oxime groups is 1. The van der Waals surface area contributed by atoms with E-state index in [9.17, 15) is 84.2 Å². The van der Waals surface area contributed by atoms with Gasteiger partial charge in [0.1, 0.15) is 18.5 Å². The van der Waals surface area contributed by atoms with Crippen LogP contribution in [0.1, 0.15) is 53.7 Å². The molecule has 3 radical (unpaired) electrons. The summed E-state index contributed by atoms with van der Waals surface area (Å²) < 4.78 is 214. The molecule has 0 aliphatic rings. The summed E-state index contributed by atoms with van der Waals surface area (Å²) in [7, 11) is 5.52. The number of halogens is 17. The zero-order valence-electron chi connectivity index (χ0n) is 70.4. The van der Waals surface area contributed by atoms with Crippen molar-refractivity contribution in [1.82, 2.24) is 85.6 Å². The minimum atomic E-state index is -4.63. The average Bonchev–Trinajstić information content (AvgIpc) is 1.44. The van der Waals surface area contributed by atoms with Crippen LogP contribution < -0.4 is 30.8 Å². The molecule has 12 aromatic heterocycles. The number of carbonyl (C=O) groups excluding carboxylic acids is 1. The van der Waals surface area contributed by atoms with Gasteiger partial charge in [-0.25, -0.2) is 0 Å². The van der Waals surface area contributed by atoms with Gasteiger partial charge in [-0.15, -0.1) is 59.9 Å². The van der Waals surface area contributed by atoms with Crippen LogP contribution in [0.15, 0.2) is 277 Å². The van der Waals surface area contributed by atoms with E-state index >= 15 is 0 Å². The summed E-state index contributed by atoms with van der Waals surface area (Å²) in [6.07, 6.45) is -0.295. The van der Waals surface area contributed by atoms with Crippen LogP contribution in [0.25, 0.3) is 79.2 Å². The number of rotatable bonds is 12. The Morgan fingerprint density at radius 1 is 0.430 bits per heavy atom. The van der Waals surface area contributed by atoms with Gasteiger partial charge < -0.3 is 80.6 Å². The third kappa shape index (κ3) is 42.7. The molecule has 16 rings (SSSR count). The summed E-state index contributed by atoms with van der Waals surface area (Å²) in [5.74, 6) is -5.21. The fourth-order valence-corrected chi connectivity index (χ4v) is 9.77. The molecule has 135 heavy (non-hydrogen) atoms. The fourth-order valence-electron chi connectivity index (χ4n) is 9.77. The van der Waals surface area contributed by atoms with Crippen LogP contribution >= 0.6 is 0 Å². The predicted octanol–water partition coefficient (Wildman–Crippen LogP) is 19.4. The van der Waals surface area contributed by atoms with E-state index in [1.165, 1.54) is 57.9 Å². The Bertz CT molecular complexity index is 5830. The number of hydrogen-bond acceptors (Lipinski definition) is 17. The molecule has 0 amide bonds.